The molecule has 22 fully saturated rings. The maximum Gasteiger partial charge on any atom is 0.297 e. The highest BCUT2D eigenvalue weighted by molar-refractivity contribution is 7.88. The van der Waals surface area contributed by atoms with E-state index in [-0.39, 0.29) is 0 Å². The van der Waals surface area contributed by atoms with Crippen LogP contribution in [0.15, 0.2) is 284 Å². The van der Waals surface area contributed by atoms with E-state index < -0.39 is 314 Å². The second-order valence-corrected chi connectivity index (χ2v) is 44.9. The van der Waals surface area contributed by atoms with Crippen LogP contribution in [0.5, 0.6) is 0 Å². The molecule has 0 aliphatic carbocycles. The molecule has 22 aliphatic rings. The van der Waals surface area contributed by atoms with Gasteiger partial charge in [-0.15, -0.1) is 0 Å². The molecule has 22 saturated heterocycles. The standard InChI is InChI=1S/C96H96O42S6/c97-73-79(103)91-127-67(43-121-139(109,110)61-31-25-49-13-1-7-19-55(49)37-61)85(73)133-92-80(104)74(98)87(69(128-92)45-123-141(113,114)63-33-27-51-15-3-9-21-57(51)39-63)135-94-82(106)76(100)89(71(130-94)47-125-143(117,118)65-35-29-53-17-5-11-23-59(53)41-65)137-96-84(108)78(102)90(72(132-96)48-126-144(119,120)66-36-30-54-18-6-12-24-60(54)42-66)138-95-83(107)77(101)88(70(131-95)46-124-142(115,116)64-34-28-52-16-4-10-22-58(52)40-64)136-93-81(105)75(99)86(134-91)68(129-93)44-122-140(111,112)62-32-26-50-14-2-8-20-56(50)38-62/h1-42,67-108H,43-48H2/t67-,68-,69-,70-,71-,72-,73-,74-,75-,76-,77-,78-,79-,80-,81-,82-,83-,84-,85-,86-,87-,88-,89-,90-,91-,92-,93-,94-,95-,96-/m1/s1. The molecule has 12 aromatic carbocycles. The lowest BCUT2D eigenvalue weighted by molar-refractivity contribution is -0.403. The zero-order valence-electron chi connectivity index (χ0n) is 74.9. The molecule has 0 aromatic heterocycles. The summed E-state index contributed by atoms with van der Waals surface area (Å²) < 4.78 is 285. The van der Waals surface area contributed by atoms with Crippen molar-refractivity contribution in [1.82, 2.24) is 0 Å². The largest absolute Gasteiger partial charge is 0.387 e. The maximum absolute atomic E-state index is 14.6. The molecule has 0 saturated carbocycles. The molecule has 0 radical (unpaired) electrons. The number of hydrogen-bond acceptors (Lipinski definition) is 42. The molecule has 0 unspecified atom stereocenters. The van der Waals surface area contributed by atoms with Gasteiger partial charge in [0.15, 0.2) is 37.7 Å². The number of hydrogen-bond donors (Lipinski definition) is 12. The molecule has 30 atom stereocenters. The van der Waals surface area contributed by atoms with Gasteiger partial charge in [0.2, 0.25) is 0 Å². The van der Waals surface area contributed by atoms with Crippen LogP contribution in [0.3, 0.4) is 0 Å². The van der Waals surface area contributed by atoms with Gasteiger partial charge in [0, 0.05) is 0 Å². The molecule has 12 bridgehead atoms. The molecule has 0 spiro atoms. The minimum Gasteiger partial charge on any atom is -0.387 e. The molecule has 12 N–H and O–H groups in total. The first-order chi connectivity index (χ1) is 68.7. The fourth-order valence-electron chi connectivity index (χ4n) is 18.1. The molecular weight excluding hydrogens is 2020 g/mol. The maximum atomic E-state index is 14.6. The molecule has 0 amide bonds. The normalized spacial score (nSPS) is 32.5. The van der Waals surface area contributed by atoms with E-state index in [4.69, 9.17) is 81.9 Å². The van der Waals surface area contributed by atoms with Crippen LogP contribution < -0.4 is 0 Å². The molecular formula is C96H96O42S6. The van der Waals surface area contributed by atoms with Crippen LogP contribution in [-0.2, 0) is 143 Å². The van der Waals surface area contributed by atoms with Crippen molar-refractivity contribution in [2.75, 3.05) is 39.6 Å². The summed E-state index contributed by atoms with van der Waals surface area (Å²) in [5.74, 6) is 0. The van der Waals surface area contributed by atoms with E-state index in [0.717, 1.165) is 36.4 Å². The van der Waals surface area contributed by atoms with Crippen LogP contribution in [0.1, 0.15) is 0 Å². The van der Waals surface area contributed by atoms with Crippen molar-refractivity contribution >= 4 is 125 Å². The van der Waals surface area contributed by atoms with E-state index in [2.05, 4.69) is 0 Å². The molecule has 42 nitrogen and oxygen atoms in total. The van der Waals surface area contributed by atoms with Crippen molar-refractivity contribution in [3.63, 3.8) is 0 Å². The third kappa shape index (κ3) is 21.6. The summed E-state index contributed by atoms with van der Waals surface area (Å²) in [7, 11) is -30.4. The van der Waals surface area contributed by atoms with Gasteiger partial charge in [0.05, 0.1) is 69.0 Å². The Morgan fingerprint density at radius 2 is 0.292 bits per heavy atom. The Morgan fingerprint density at radius 1 is 0.167 bits per heavy atom. The Morgan fingerprint density at radius 3 is 0.424 bits per heavy atom. The number of rotatable bonds is 24. The molecule has 144 heavy (non-hydrogen) atoms. The topological polar surface area (TPSA) is 614 Å². The Labute approximate surface area is 821 Å². The molecule has 12 aromatic rings. The summed E-state index contributed by atoms with van der Waals surface area (Å²) >= 11 is 0. The smallest absolute Gasteiger partial charge is 0.297 e. The van der Waals surface area contributed by atoms with Gasteiger partial charge < -0.3 is 118 Å². The highest BCUT2D eigenvalue weighted by Gasteiger charge is 2.61. The van der Waals surface area contributed by atoms with Crippen molar-refractivity contribution in [2.45, 2.75) is 214 Å². The first-order valence-electron chi connectivity index (χ1n) is 45.1. The predicted molar refractivity (Wildman–Crippen MR) is 496 cm³/mol. The van der Waals surface area contributed by atoms with Gasteiger partial charge in [0.25, 0.3) is 60.7 Å². The highest BCUT2D eigenvalue weighted by atomic mass is 32.2. The Kier molecular flexibility index (Phi) is 30.1. The molecule has 22 heterocycles. The van der Waals surface area contributed by atoms with E-state index in [1.165, 1.54) is 72.8 Å². The van der Waals surface area contributed by atoms with E-state index >= 15 is 0 Å². The average molecular weight is 2110 g/mol. The summed E-state index contributed by atoms with van der Waals surface area (Å²) in [6.45, 7) is -8.13. The Balaban J connectivity index is 0.721. The number of ether oxygens (including phenoxy) is 12. The number of benzene rings is 12. The zero-order valence-corrected chi connectivity index (χ0v) is 79.8. The molecule has 48 heteroatoms. The summed E-state index contributed by atoms with van der Waals surface area (Å²) in [4.78, 5) is -2.97. The fourth-order valence-corrected chi connectivity index (χ4v) is 23.9. The summed E-state index contributed by atoms with van der Waals surface area (Å²) in [5, 5.41) is 158. The van der Waals surface area contributed by atoms with Crippen molar-refractivity contribution in [2.24, 2.45) is 0 Å². The van der Waals surface area contributed by atoms with E-state index in [1.807, 2.05) is 0 Å². The fraction of sp³-hybridized carbons (Fsp3) is 0.375. The van der Waals surface area contributed by atoms with Crippen molar-refractivity contribution < 1.29 is 194 Å². The predicted octanol–water partition coefficient (Wildman–Crippen LogP) is 2.34. The lowest BCUT2D eigenvalue weighted by Crippen LogP contribution is -2.69. The van der Waals surface area contributed by atoms with Crippen LogP contribution >= 0.6 is 0 Å². The van der Waals surface area contributed by atoms with Crippen molar-refractivity contribution in [1.29, 1.82) is 0 Å². The zero-order chi connectivity index (χ0) is 101. The van der Waals surface area contributed by atoms with Gasteiger partial charge in [-0.05, 0) is 137 Å². The van der Waals surface area contributed by atoms with Gasteiger partial charge in [-0.3, -0.25) is 25.1 Å². The summed E-state index contributed by atoms with van der Waals surface area (Å²) in [5.41, 5.74) is 0. The first-order valence-corrected chi connectivity index (χ1v) is 53.5. The minimum absolute atomic E-state index is 0.379. The van der Waals surface area contributed by atoms with Gasteiger partial charge in [0.1, 0.15) is 146 Å². The number of fused-ring (bicyclic) bond motifs is 6. The third-order valence-corrected chi connectivity index (χ3v) is 33.6. The second-order valence-electron chi connectivity index (χ2n) is 35.2. The average Bonchev–Trinajstić information content (AvgIpc) is 0.761. The van der Waals surface area contributed by atoms with Gasteiger partial charge in [-0.25, -0.2) is 0 Å². The Bertz CT molecular complexity index is 6320. The Hall–Kier alpha value is -9.30. The third-order valence-electron chi connectivity index (χ3n) is 26.0. The van der Waals surface area contributed by atoms with Crippen LogP contribution in [0.2, 0.25) is 0 Å². The lowest BCUT2D eigenvalue weighted by Gasteiger charge is -2.51. The van der Waals surface area contributed by atoms with E-state index in [9.17, 15) is 112 Å². The number of aliphatic hydroxyl groups excluding tert-OH is 12. The SMILES string of the molecule is O=S(=O)(OC[C@H]1O[C@@H]2O[C@H]3[C@H](O)[C@@H](O)[C@@H](O[C@H]4[C@H](O)[C@@H](O)[C@@H](O[C@H]5[C@H](O)[C@@H](O)[C@@H](O[C@H]6[C@H](O)[C@@H](O)[C@@H](O[C@H]7[C@H](O)[C@@H](O)[C@@H](O[C@H]1[C@H](O)[C@H]2O)O[C@@H]7COS(=O)(=O)c1ccc2ccccc2c1)O[C@@H]6COS(=O)(=O)c1ccc2ccccc2c1)O[C@@H]5COS(=O)(=O)c1ccc2ccccc2c1)O[C@@H]4COS(=O)(=O)c1ccc2ccccc2c1)O[C@@H]3COS(=O)(=O)c1ccc2ccccc2c1)c1ccc2ccccc2c1. The molecule has 34 rings (SSSR count). The summed E-state index contributed by atoms with van der Waals surface area (Å²) in [6.07, 6.45) is -75.2. The van der Waals surface area contributed by atoms with Gasteiger partial charge in [-0.2, -0.15) is 50.5 Å². The van der Waals surface area contributed by atoms with Gasteiger partial charge in [-0.1, -0.05) is 182 Å². The van der Waals surface area contributed by atoms with E-state index in [1.54, 1.807) is 146 Å². The summed E-state index contributed by atoms with van der Waals surface area (Å²) in [6, 6.07) is 62.0. The quantitative estimate of drug-likeness (QED) is 0.0386. The van der Waals surface area contributed by atoms with Gasteiger partial charge >= 0.3 is 0 Å². The molecule has 22 aliphatic heterocycles. The number of aliphatic hydroxyl groups is 12. The first kappa shape index (κ1) is 103. The van der Waals surface area contributed by atoms with E-state index in [0.29, 0.717) is 64.6 Å². The van der Waals surface area contributed by atoms with Crippen molar-refractivity contribution in [3.8, 4) is 0 Å². The van der Waals surface area contributed by atoms with Crippen LogP contribution in [0.25, 0.3) is 64.6 Å². The lowest BCUT2D eigenvalue weighted by atomic mass is 9.94. The second kappa shape index (κ2) is 42.0. The molecule has 768 valence electrons. The van der Waals surface area contributed by atoms with Crippen LogP contribution in [-0.4, -0.2) is 336 Å². The van der Waals surface area contributed by atoms with Crippen molar-refractivity contribution in [3.05, 3.63) is 255 Å². The van der Waals surface area contributed by atoms with Crippen LogP contribution in [0.4, 0.5) is 0 Å². The minimum atomic E-state index is -5.06. The monoisotopic (exact) mass is 2110 g/mol. The highest BCUT2D eigenvalue weighted by Crippen LogP contribution is 2.42. The van der Waals surface area contributed by atoms with Crippen LogP contribution in [0, 0.1) is 0 Å².